The summed E-state index contributed by atoms with van der Waals surface area (Å²) < 4.78 is 0. The topological polar surface area (TPSA) is 63.5 Å². The smallest absolute Gasteiger partial charge is 0.271 e. The van der Waals surface area contributed by atoms with Crippen LogP contribution in [0.2, 0.25) is 0 Å². The van der Waals surface area contributed by atoms with E-state index >= 15 is 0 Å². The van der Waals surface area contributed by atoms with Gasteiger partial charge in [-0.1, -0.05) is 24.3 Å². The van der Waals surface area contributed by atoms with Gasteiger partial charge in [0, 0.05) is 24.2 Å². The van der Waals surface area contributed by atoms with E-state index in [4.69, 9.17) is 0 Å². The van der Waals surface area contributed by atoms with Crippen molar-refractivity contribution in [1.82, 2.24) is 0 Å². The number of non-ortho nitro benzene ring substituents is 1. The Morgan fingerprint density at radius 3 is 2.62 bits per heavy atom. The second-order valence-corrected chi connectivity index (χ2v) is 5.00. The van der Waals surface area contributed by atoms with Crippen LogP contribution in [0.15, 0.2) is 48.5 Å². The quantitative estimate of drug-likeness (QED) is 0.627. The van der Waals surface area contributed by atoms with Crippen molar-refractivity contribution < 1.29 is 9.72 Å². The van der Waals surface area contributed by atoms with Crippen molar-refractivity contribution in [1.29, 1.82) is 0 Å². The molecule has 0 aliphatic carbocycles. The summed E-state index contributed by atoms with van der Waals surface area (Å²) in [5, 5.41) is 10.9. The SMILES string of the molecule is O=C(c1ccccc1)N1CCCc2ccc([N+](=O)[O-])cc21. The average molecular weight is 282 g/mol. The summed E-state index contributed by atoms with van der Waals surface area (Å²) in [6.07, 6.45) is 1.70. The number of hydrogen-bond acceptors (Lipinski definition) is 3. The number of rotatable bonds is 2. The summed E-state index contributed by atoms with van der Waals surface area (Å²) in [4.78, 5) is 24.7. The van der Waals surface area contributed by atoms with E-state index in [1.165, 1.54) is 12.1 Å². The van der Waals surface area contributed by atoms with Gasteiger partial charge in [0.1, 0.15) is 0 Å². The summed E-state index contributed by atoms with van der Waals surface area (Å²) in [6.45, 7) is 0.585. The third-order valence-corrected chi connectivity index (χ3v) is 3.66. The molecular weight excluding hydrogens is 268 g/mol. The molecule has 0 spiro atoms. The zero-order chi connectivity index (χ0) is 14.8. The molecule has 0 radical (unpaired) electrons. The van der Waals surface area contributed by atoms with Gasteiger partial charge in [-0.15, -0.1) is 0 Å². The van der Waals surface area contributed by atoms with Crippen molar-refractivity contribution in [3.05, 3.63) is 69.8 Å². The van der Waals surface area contributed by atoms with E-state index in [-0.39, 0.29) is 11.6 Å². The third-order valence-electron chi connectivity index (χ3n) is 3.66. The number of nitrogens with zero attached hydrogens (tertiary/aromatic N) is 2. The number of aryl methyl sites for hydroxylation is 1. The van der Waals surface area contributed by atoms with Crippen molar-refractivity contribution in [3.8, 4) is 0 Å². The Bertz CT molecular complexity index is 698. The highest BCUT2D eigenvalue weighted by atomic mass is 16.6. The van der Waals surface area contributed by atoms with E-state index in [1.807, 2.05) is 18.2 Å². The Morgan fingerprint density at radius 1 is 1.14 bits per heavy atom. The summed E-state index contributed by atoms with van der Waals surface area (Å²) in [7, 11) is 0. The summed E-state index contributed by atoms with van der Waals surface area (Å²) >= 11 is 0. The first-order valence-corrected chi connectivity index (χ1v) is 6.81. The summed E-state index contributed by atoms with van der Waals surface area (Å²) in [5.74, 6) is -0.114. The van der Waals surface area contributed by atoms with Gasteiger partial charge in [0.2, 0.25) is 0 Å². The molecule has 0 bridgehead atoms. The zero-order valence-electron chi connectivity index (χ0n) is 11.4. The van der Waals surface area contributed by atoms with Gasteiger partial charge in [-0.3, -0.25) is 14.9 Å². The first-order valence-electron chi connectivity index (χ1n) is 6.81. The minimum absolute atomic E-state index is 0.0153. The number of nitro groups is 1. The molecule has 0 saturated heterocycles. The van der Waals surface area contributed by atoms with Crippen LogP contribution in [0, 0.1) is 10.1 Å². The molecule has 5 heteroatoms. The van der Waals surface area contributed by atoms with Crippen LogP contribution in [0.25, 0.3) is 0 Å². The zero-order valence-corrected chi connectivity index (χ0v) is 11.4. The Morgan fingerprint density at radius 2 is 1.90 bits per heavy atom. The lowest BCUT2D eigenvalue weighted by atomic mass is 10.00. The number of carbonyl (C=O) groups excluding carboxylic acids is 1. The van der Waals surface area contributed by atoms with Gasteiger partial charge in [0.15, 0.2) is 0 Å². The minimum Gasteiger partial charge on any atom is -0.308 e. The Hall–Kier alpha value is -2.69. The molecule has 2 aromatic carbocycles. The Balaban J connectivity index is 2.01. The maximum atomic E-state index is 12.6. The third kappa shape index (κ3) is 2.50. The van der Waals surface area contributed by atoms with Crippen LogP contribution in [0.3, 0.4) is 0 Å². The van der Waals surface area contributed by atoms with Crippen molar-refractivity contribution in [2.75, 3.05) is 11.4 Å². The van der Waals surface area contributed by atoms with E-state index in [9.17, 15) is 14.9 Å². The number of hydrogen-bond donors (Lipinski definition) is 0. The maximum absolute atomic E-state index is 12.6. The molecule has 1 aliphatic rings. The van der Waals surface area contributed by atoms with Crippen molar-refractivity contribution in [2.45, 2.75) is 12.8 Å². The lowest BCUT2D eigenvalue weighted by Crippen LogP contribution is -2.35. The minimum atomic E-state index is -0.430. The van der Waals surface area contributed by atoms with E-state index in [0.717, 1.165) is 18.4 Å². The number of anilines is 1. The van der Waals surface area contributed by atoms with Crippen molar-refractivity contribution in [3.63, 3.8) is 0 Å². The highest BCUT2D eigenvalue weighted by Crippen LogP contribution is 2.31. The fourth-order valence-electron chi connectivity index (χ4n) is 2.62. The summed E-state index contributed by atoms with van der Waals surface area (Å²) in [5.41, 5.74) is 2.25. The molecular formula is C16H14N2O3. The molecule has 1 heterocycles. The van der Waals surface area contributed by atoms with Gasteiger partial charge < -0.3 is 4.90 Å². The molecule has 1 aliphatic heterocycles. The molecule has 0 atom stereocenters. The van der Waals surface area contributed by atoms with Crippen LogP contribution >= 0.6 is 0 Å². The van der Waals surface area contributed by atoms with Gasteiger partial charge in [-0.2, -0.15) is 0 Å². The van der Waals surface area contributed by atoms with Crippen LogP contribution in [0.4, 0.5) is 11.4 Å². The second kappa shape index (κ2) is 5.36. The monoisotopic (exact) mass is 282 g/mol. The van der Waals surface area contributed by atoms with Crippen LogP contribution < -0.4 is 4.90 Å². The average Bonchev–Trinajstić information content (AvgIpc) is 2.54. The van der Waals surface area contributed by atoms with Gasteiger partial charge in [-0.05, 0) is 30.5 Å². The summed E-state index contributed by atoms with van der Waals surface area (Å²) in [6, 6.07) is 13.7. The standard InChI is InChI=1S/C16H14N2O3/c19-16(13-5-2-1-3-6-13)17-10-4-7-12-8-9-14(18(20)21)11-15(12)17/h1-3,5-6,8-9,11H,4,7,10H2. The molecule has 0 saturated carbocycles. The molecule has 0 unspecified atom stereocenters. The molecule has 0 N–H and O–H groups in total. The molecule has 1 amide bonds. The van der Waals surface area contributed by atoms with Crippen LogP contribution in [0.1, 0.15) is 22.3 Å². The lowest BCUT2D eigenvalue weighted by Gasteiger charge is -2.29. The Kier molecular flexibility index (Phi) is 3.39. The number of benzene rings is 2. The number of carbonyl (C=O) groups is 1. The normalized spacial score (nSPS) is 13.6. The van der Waals surface area contributed by atoms with E-state index < -0.39 is 4.92 Å². The fourth-order valence-corrected chi connectivity index (χ4v) is 2.62. The Labute approximate surface area is 122 Å². The predicted molar refractivity (Wildman–Crippen MR) is 79.5 cm³/mol. The fraction of sp³-hybridized carbons (Fsp3) is 0.188. The van der Waals surface area contributed by atoms with Crippen LogP contribution in [0.5, 0.6) is 0 Å². The molecule has 3 rings (SSSR count). The van der Waals surface area contributed by atoms with Crippen LogP contribution in [-0.4, -0.2) is 17.4 Å². The first kappa shape index (κ1) is 13.3. The number of nitro benzene ring substituents is 1. The van der Waals surface area contributed by atoms with E-state index in [0.29, 0.717) is 17.8 Å². The first-order chi connectivity index (χ1) is 10.2. The molecule has 5 nitrogen and oxygen atoms in total. The maximum Gasteiger partial charge on any atom is 0.271 e. The second-order valence-electron chi connectivity index (χ2n) is 5.00. The van der Waals surface area contributed by atoms with E-state index in [1.54, 1.807) is 23.1 Å². The van der Waals surface area contributed by atoms with Crippen LogP contribution in [-0.2, 0) is 6.42 Å². The number of fused-ring (bicyclic) bond motifs is 1. The molecule has 21 heavy (non-hydrogen) atoms. The van der Waals surface area contributed by atoms with E-state index in [2.05, 4.69) is 0 Å². The van der Waals surface area contributed by atoms with Gasteiger partial charge >= 0.3 is 0 Å². The molecule has 2 aromatic rings. The highest BCUT2D eigenvalue weighted by molar-refractivity contribution is 6.06. The lowest BCUT2D eigenvalue weighted by molar-refractivity contribution is -0.384. The van der Waals surface area contributed by atoms with Gasteiger partial charge in [-0.25, -0.2) is 0 Å². The molecule has 0 fully saturated rings. The van der Waals surface area contributed by atoms with Crippen molar-refractivity contribution >= 4 is 17.3 Å². The largest absolute Gasteiger partial charge is 0.308 e. The van der Waals surface area contributed by atoms with Gasteiger partial charge in [0.05, 0.1) is 10.6 Å². The van der Waals surface area contributed by atoms with Gasteiger partial charge in [0.25, 0.3) is 11.6 Å². The number of amides is 1. The molecule has 106 valence electrons. The highest BCUT2D eigenvalue weighted by Gasteiger charge is 2.25. The predicted octanol–water partition coefficient (Wildman–Crippen LogP) is 3.19. The van der Waals surface area contributed by atoms with Crippen molar-refractivity contribution in [2.24, 2.45) is 0 Å². The molecule has 0 aromatic heterocycles.